The van der Waals surface area contributed by atoms with Crippen molar-refractivity contribution in [1.29, 1.82) is 0 Å². The summed E-state index contributed by atoms with van der Waals surface area (Å²) < 4.78 is 35.0. The molecule has 7 nitrogen and oxygen atoms in total. The Hall–Kier alpha value is -3.75. The third-order valence-corrected chi connectivity index (χ3v) is 6.13. The molecule has 4 aromatic rings. The van der Waals surface area contributed by atoms with Crippen molar-refractivity contribution in [3.8, 4) is 16.8 Å². The molecule has 1 aliphatic rings. The third kappa shape index (κ3) is 3.10. The van der Waals surface area contributed by atoms with E-state index in [1.54, 1.807) is 54.5 Å². The van der Waals surface area contributed by atoms with Crippen LogP contribution in [0.1, 0.15) is 25.5 Å². The van der Waals surface area contributed by atoms with Gasteiger partial charge < -0.3 is 14.8 Å². The summed E-state index contributed by atoms with van der Waals surface area (Å²) in [5.41, 5.74) is 0.901. The van der Waals surface area contributed by atoms with Gasteiger partial charge in [-0.25, -0.2) is 8.78 Å². The summed E-state index contributed by atoms with van der Waals surface area (Å²) >= 11 is 0. The van der Waals surface area contributed by atoms with Gasteiger partial charge in [-0.05, 0) is 38.5 Å². The van der Waals surface area contributed by atoms with Gasteiger partial charge in [0.15, 0.2) is 11.6 Å². The van der Waals surface area contributed by atoms with Crippen molar-refractivity contribution in [3.05, 3.63) is 59.8 Å². The van der Waals surface area contributed by atoms with Gasteiger partial charge in [0, 0.05) is 37.3 Å². The summed E-state index contributed by atoms with van der Waals surface area (Å²) in [5, 5.41) is 12.2. The number of rotatable bonds is 3. The second-order valence-corrected chi connectivity index (χ2v) is 9.07. The largest absolute Gasteiger partial charge is 0.371 e. The molecule has 0 aliphatic carbocycles. The molecular weight excluding hydrogens is 426 g/mol. The Kier molecular flexibility index (Phi) is 4.56. The minimum atomic E-state index is -0.693. The Morgan fingerprint density at radius 2 is 1.94 bits per heavy atom. The van der Waals surface area contributed by atoms with Crippen LogP contribution in [0.25, 0.3) is 27.7 Å². The summed E-state index contributed by atoms with van der Waals surface area (Å²) in [5.74, 6) is -0.372. The molecule has 170 valence electrons. The van der Waals surface area contributed by atoms with Crippen LogP contribution in [0.2, 0.25) is 0 Å². The number of hydrogen-bond donors (Lipinski definition) is 1. The van der Waals surface area contributed by atoms with Crippen LogP contribution in [0.3, 0.4) is 0 Å². The molecule has 0 atom stereocenters. The molecule has 0 bridgehead atoms. The van der Waals surface area contributed by atoms with Gasteiger partial charge in [-0.3, -0.25) is 9.36 Å². The topological polar surface area (TPSA) is 68.0 Å². The van der Waals surface area contributed by atoms with Crippen LogP contribution < -0.4 is 5.32 Å². The molecular formula is C24H24F2N6O. The molecule has 0 saturated carbocycles. The monoisotopic (exact) mass is 450 g/mol. The summed E-state index contributed by atoms with van der Waals surface area (Å²) in [6.07, 6.45) is 1.76. The zero-order valence-corrected chi connectivity index (χ0v) is 19.1. The first-order valence-corrected chi connectivity index (χ1v) is 10.6. The van der Waals surface area contributed by atoms with Crippen molar-refractivity contribution in [2.24, 2.45) is 0 Å². The fourth-order valence-corrected chi connectivity index (χ4v) is 4.46. The van der Waals surface area contributed by atoms with E-state index < -0.39 is 17.2 Å². The van der Waals surface area contributed by atoms with Crippen LogP contribution in [-0.4, -0.2) is 44.2 Å². The van der Waals surface area contributed by atoms with E-state index in [9.17, 15) is 4.79 Å². The number of likely N-dealkylation sites (N-methyl/N-ethyl adjacent to an activating group) is 1. The number of nitrogens with one attached hydrogen (secondary N) is 1. The maximum atomic E-state index is 16.1. The van der Waals surface area contributed by atoms with Crippen molar-refractivity contribution in [1.82, 2.24) is 24.2 Å². The van der Waals surface area contributed by atoms with Crippen LogP contribution in [0, 0.1) is 18.6 Å². The summed E-state index contributed by atoms with van der Waals surface area (Å²) in [6.45, 7) is 5.65. The highest BCUT2D eigenvalue weighted by atomic mass is 19.1. The van der Waals surface area contributed by atoms with Crippen LogP contribution in [0.5, 0.6) is 0 Å². The summed E-state index contributed by atoms with van der Waals surface area (Å²) in [7, 11) is 3.38. The van der Waals surface area contributed by atoms with Crippen molar-refractivity contribution in [3.63, 3.8) is 0 Å². The fourth-order valence-electron chi connectivity index (χ4n) is 4.46. The van der Waals surface area contributed by atoms with E-state index in [4.69, 9.17) is 0 Å². The van der Waals surface area contributed by atoms with E-state index in [1.165, 1.54) is 11.0 Å². The molecule has 0 spiro atoms. The number of benzene rings is 2. The molecule has 1 amide bonds. The average Bonchev–Trinajstić information content (AvgIpc) is 3.32. The van der Waals surface area contributed by atoms with Crippen molar-refractivity contribution < 1.29 is 13.6 Å². The number of amides is 1. The first-order chi connectivity index (χ1) is 15.6. The predicted molar refractivity (Wildman–Crippen MR) is 122 cm³/mol. The molecule has 0 radical (unpaired) electrons. The number of hydrogen-bond acceptors (Lipinski definition) is 4. The van der Waals surface area contributed by atoms with Crippen LogP contribution >= 0.6 is 0 Å². The highest BCUT2D eigenvalue weighted by Gasteiger charge is 2.37. The van der Waals surface area contributed by atoms with E-state index >= 15 is 8.78 Å². The smallest absolute Gasteiger partial charge is 0.241 e. The van der Waals surface area contributed by atoms with Gasteiger partial charge in [-0.15, -0.1) is 10.2 Å². The quantitative estimate of drug-likeness (QED) is 0.507. The lowest BCUT2D eigenvalue weighted by atomic mass is 9.95. The number of carbonyl (C=O) groups excluding carboxylic acids is 1. The lowest BCUT2D eigenvalue weighted by molar-refractivity contribution is -0.129. The van der Waals surface area contributed by atoms with E-state index in [2.05, 4.69) is 15.5 Å². The lowest BCUT2D eigenvalue weighted by Gasteiger charge is -2.34. The minimum Gasteiger partial charge on any atom is -0.371 e. The normalized spacial score (nSPS) is 14.0. The standard InChI is InChI=1S/C24H24F2N6O/c1-13-28-29-23-24(2,3)27-17-11-16(25)20(21(26)22(17)32(13)23)15-7-6-8-18-14(15)9-10-31(18)12-19(33)30(4)5/h6-11,27H,12H2,1-5H3. The number of aromatic nitrogens is 4. The van der Waals surface area contributed by atoms with Crippen LogP contribution in [0.4, 0.5) is 14.5 Å². The zero-order valence-electron chi connectivity index (χ0n) is 19.1. The molecule has 0 saturated heterocycles. The lowest BCUT2D eigenvalue weighted by Crippen LogP contribution is -2.36. The number of carbonyl (C=O) groups is 1. The van der Waals surface area contributed by atoms with E-state index in [0.29, 0.717) is 28.3 Å². The Labute approximate surface area is 189 Å². The summed E-state index contributed by atoms with van der Waals surface area (Å²) in [6, 6.07) is 8.37. The van der Waals surface area contributed by atoms with E-state index in [0.717, 1.165) is 5.52 Å². The first-order valence-electron chi connectivity index (χ1n) is 10.6. The molecule has 33 heavy (non-hydrogen) atoms. The molecule has 0 fully saturated rings. The molecule has 0 unspecified atom stereocenters. The molecule has 3 heterocycles. The van der Waals surface area contributed by atoms with E-state index in [1.807, 2.05) is 19.9 Å². The highest BCUT2D eigenvalue weighted by molar-refractivity contribution is 5.97. The Balaban J connectivity index is 1.73. The van der Waals surface area contributed by atoms with Gasteiger partial charge in [0.2, 0.25) is 5.91 Å². The van der Waals surface area contributed by atoms with Gasteiger partial charge >= 0.3 is 0 Å². The minimum absolute atomic E-state index is 0.0756. The number of fused-ring (bicyclic) bond motifs is 4. The Morgan fingerprint density at radius 1 is 1.18 bits per heavy atom. The summed E-state index contributed by atoms with van der Waals surface area (Å²) in [4.78, 5) is 13.7. The van der Waals surface area contributed by atoms with Crippen molar-refractivity contribution in [2.75, 3.05) is 19.4 Å². The second kappa shape index (κ2) is 7.13. The average molecular weight is 450 g/mol. The first kappa shape index (κ1) is 21.1. The molecule has 1 aliphatic heterocycles. The number of halogens is 2. The molecule has 5 rings (SSSR count). The zero-order chi connectivity index (χ0) is 23.7. The van der Waals surface area contributed by atoms with Gasteiger partial charge in [-0.2, -0.15) is 0 Å². The Bertz CT molecular complexity index is 1430. The molecule has 2 aromatic carbocycles. The predicted octanol–water partition coefficient (Wildman–Crippen LogP) is 4.22. The van der Waals surface area contributed by atoms with Gasteiger partial charge in [-0.1, -0.05) is 12.1 Å². The fraction of sp³-hybridized carbons (Fsp3) is 0.292. The van der Waals surface area contributed by atoms with Crippen molar-refractivity contribution in [2.45, 2.75) is 32.9 Å². The van der Waals surface area contributed by atoms with Crippen molar-refractivity contribution >= 4 is 22.5 Å². The molecule has 2 aromatic heterocycles. The maximum Gasteiger partial charge on any atom is 0.241 e. The van der Waals surface area contributed by atoms with Crippen LogP contribution in [0.15, 0.2) is 36.5 Å². The number of nitrogens with zero attached hydrogens (tertiary/aromatic N) is 5. The van der Waals surface area contributed by atoms with Crippen LogP contribution in [-0.2, 0) is 16.9 Å². The van der Waals surface area contributed by atoms with Gasteiger partial charge in [0.05, 0.1) is 16.8 Å². The second-order valence-electron chi connectivity index (χ2n) is 9.07. The van der Waals surface area contributed by atoms with Gasteiger partial charge in [0.1, 0.15) is 23.9 Å². The molecule has 1 N–H and O–H groups in total. The Morgan fingerprint density at radius 3 is 2.67 bits per heavy atom. The highest BCUT2D eigenvalue weighted by Crippen LogP contribution is 2.43. The maximum absolute atomic E-state index is 16.1. The van der Waals surface area contributed by atoms with E-state index in [-0.39, 0.29) is 23.7 Å². The SMILES string of the molecule is Cc1nnc2n1-c1c(cc(F)c(-c3cccc4c3ccn4CC(=O)N(C)C)c1F)NC2(C)C. The third-order valence-electron chi connectivity index (χ3n) is 6.13. The molecule has 9 heteroatoms. The number of aryl methyl sites for hydroxylation is 1. The van der Waals surface area contributed by atoms with Gasteiger partial charge in [0.25, 0.3) is 0 Å². The number of anilines is 1.